The Hall–Kier alpha value is -2.53. The fraction of sp³-hybridized carbons (Fsp3) is 0.176. The number of hydrogen-bond donors (Lipinski definition) is 1. The van der Waals surface area contributed by atoms with Crippen molar-refractivity contribution in [1.82, 2.24) is 14.9 Å². The highest BCUT2D eigenvalue weighted by atomic mass is 35.5. The summed E-state index contributed by atoms with van der Waals surface area (Å²) >= 11 is 6.23. The van der Waals surface area contributed by atoms with Crippen LogP contribution in [0.4, 0.5) is 0 Å². The first kappa shape index (κ1) is 15.4. The standard InChI is InChI=1S/C17H16ClN3O2/c1-23-14-8-3-2-6-12(14)9-10-19-17(22)16-15(18)13-7-4-5-11-21(13)20-16/h2-8,11H,9-10H2,1H3,(H,19,22). The van der Waals surface area contributed by atoms with Crippen molar-refractivity contribution in [3.05, 3.63) is 64.9 Å². The number of carbonyl (C=O) groups excluding carboxylic acids is 1. The van der Waals surface area contributed by atoms with Crippen molar-refractivity contribution in [1.29, 1.82) is 0 Å². The van der Waals surface area contributed by atoms with Crippen molar-refractivity contribution in [2.24, 2.45) is 0 Å². The molecule has 1 aromatic carbocycles. The quantitative estimate of drug-likeness (QED) is 0.783. The second-order valence-corrected chi connectivity index (χ2v) is 5.39. The van der Waals surface area contributed by atoms with E-state index >= 15 is 0 Å². The van der Waals surface area contributed by atoms with Crippen molar-refractivity contribution in [3.63, 3.8) is 0 Å². The lowest BCUT2D eigenvalue weighted by atomic mass is 10.1. The molecule has 0 fully saturated rings. The Labute approximate surface area is 138 Å². The average Bonchev–Trinajstić information content (AvgIpc) is 2.92. The fourth-order valence-corrected chi connectivity index (χ4v) is 2.69. The van der Waals surface area contributed by atoms with Crippen LogP contribution in [0.3, 0.4) is 0 Å². The lowest BCUT2D eigenvalue weighted by Crippen LogP contribution is -2.26. The van der Waals surface area contributed by atoms with E-state index in [9.17, 15) is 4.79 Å². The third-order valence-electron chi connectivity index (χ3n) is 3.57. The van der Waals surface area contributed by atoms with Gasteiger partial charge in [-0.25, -0.2) is 4.52 Å². The van der Waals surface area contributed by atoms with Crippen LogP contribution in [0.15, 0.2) is 48.7 Å². The molecule has 2 heterocycles. The molecule has 3 rings (SSSR count). The van der Waals surface area contributed by atoms with Crippen molar-refractivity contribution in [2.45, 2.75) is 6.42 Å². The average molecular weight is 330 g/mol. The van der Waals surface area contributed by atoms with E-state index in [-0.39, 0.29) is 11.6 Å². The highest BCUT2D eigenvalue weighted by molar-refractivity contribution is 6.36. The SMILES string of the molecule is COc1ccccc1CCNC(=O)c1nn2ccccc2c1Cl. The molecular weight excluding hydrogens is 314 g/mol. The summed E-state index contributed by atoms with van der Waals surface area (Å²) in [5.41, 5.74) is 1.98. The first-order chi connectivity index (χ1) is 11.2. The summed E-state index contributed by atoms with van der Waals surface area (Å²) in [6.07, 6.45) is 2.42. The Morgan fingerprint density at radius 3 is 2.83 bits per heavy atom. The van der Waals surface area contributed by atoms with Crippen LogP contribution in [0.25, 0.3) is 5.52 Å². The van der Waals surface area contributed by atoms with E-state index < -0.39 is 0 Å². The van der Waals surface area contributed by atoms with Gasteiger partial charge in [0, 0.05) is 12.7 Å². The Kier molecular flexibility index (Phi) is 4.48. The van der Waals surface area contributed by atoms with Gasteiger partial charge in [-0.05, 0) is 30.2 Å². The number of benzene rings is 1. The normalized spacial score (nSPS) is 10.7. The van der Waals surface area contributed by atoms with E-state index in [1.807, 2.05) is 42.5 Å². The number of pyridine rings is 1. The predicted molar refractivity (Wildman–Crippen MR) is 89.2 cm³/mol. The third-order valence-corrected chi connectivity index (χ3v) is 3.94. The molecule has 23 heavy (non-hydrogen) atoms. The van der Waals surface area contributed by atoms with Crippen molar-refractivity contribution >= 4 is 23.0 Å². The van der Waals surface area contributed by atoms with E-state index in [2.05, 4.69) is 10.4 Å². The minimum absolute atomic E-state index is 0.234. The highest BCUT2D eigenvalue weighted by Gasteiger charge is 2.17. The zero-order chi connectivity index (χ0) is 16.2. The van der Waals surface area contributed by atoms with E-state index in [0.717, 1.165) is 11.3 Å². The van der Waals surface area contributed by atoms with E-state index in [1.54, 1.807) is 17.8 Å². The first-order valence-electron chi connectivity index (χ1n) is 7.23. The number of ether oxygens (including phenoxy) is 1. The number of rotatable bonds is 5. The van der Waals surface area contributed by atoms with Gasteiger partial charge >= 0.3 is 0 Å². The van der Waals surface area contributed by atoms with Crippen LogP contribution in [0.5, 0.6) is 5.75 Å². The van der Waals surface area contributed by atoms with E-state index in [0.29, 0.717) is 23.5 Å². The first-order valence-corrected chi connectivity index (χ1v) is 7.61. The largest absolute Gasteiger partial charge is 0.496 e. The summed E-state index contributed by atoms with van der Waals surface area (Å²) in [5, 5.41) is 7.43. The molecule has 0 saturated heterocycles. The van der Waals surface area contributed by atoms with Crippen LogP contribution < -0.4 is 10.1 Å². The van der Waals surface area contributed by atoms with E-state index in [4.69, 9.17) is 16.3 Å². The van der Waals surface area contributed by atoms with Crippen molar-refractivity contribution in [3.8, 4) is 5.75 Å². The molecule has 0 bridgehead atoms. The fourth-order valence-electron chi connectivity index (χ4n) is 2.42. The van der Waals surface area contributed by atoms with Gasteiger partial charge in [-0.3, -0.25) is 4.79 Å². The molecule has 118 valence electrons. The molecular formula is C17H16ClN3O2. The van der Waals surface area contributed by atoms with Crippen LogP contribution >= 0.6 is 11.6 Å². The molecule has 2 aromatic heterocycles. The molecule has 0 spiro atoms. The van der Waals surface area contributed by atoms with Crippen molar-refractivity contribution < 1.29 is 9.53 Å². The minimum Gasteiger partial charge on any atom is -0.496 e. The van der Waals surface area contributed by atoms with Crippen molar-refractivity contribution in [2.75, 3.05) is 13.7 Å². The summed E-state index contributed by atoms with van der Waals surface area (Å²) in [7, 11) is 1.63. The van der Waals surface area contributed by atoms with Gasteiger partial charge in [0.1, 0.15) is 5.75 Å². The number of methoxy groups -OCH3 is 1. The molecule has 5 nitrogen and oxygen atoms in total. The van der Waals surface area contributed by atoms with Gasteiger partial charge in [-0.15, -0.1) is 0 Å². The maximum absolute atomic E-state index is 12.3. The lowest BCUT2D eigenvalue weighted by molar-refractivity contribution is 0.0949. The summed E-state index contributed by atoms with van der Waals surface area (Å²) in [6.45, 7) is 0.476. The summed E-state index contributed by atoms with van der Waals surface area (Å²) in [4.78, 5) is 12.3. The van der Waals surface area contributed by atoms with Gasteiger partial charge in [0.15, 0.2) is 5.69 Å². The minimum atomic E-state index is -0.284. The zero-order valence-electron chi connectivity index (χ0n) is 12.6. The number of halogens is 1. The second kappa shape index (κ2) is 6.71. The predicted octanol–water partition coefficient (Wildman–Crippen LogP) is 2.97. The van der Waals surface area contributed by atoms with Crippen LogP contribution in [-0.4, -0.2) is 29.2 Å². The zero-order valence-corrected chi connectivity index (χ0v) is 13.4. The maximum atomic E-state index is 12.3. The Morgan fingerprint density at radius 1 is 1.26 bits per heavy atom. The molecule has 6 heteroatoms. The number of aromatic nitrogens is 2. The molecule has 1 amide bonds. The number of amides is 1. The molecule has 1 N–H and O–H groups in total. The van der Waals surface area contributed by atoms with Gasteiger partial charge in [0.05, 0.1) is 17.6 Å². The molecule has 0 unspecified atom stereocenters. The lowest BCUT2D eigenvalue weighted by Gasteiger charge is -2.08. The molecule has 0 saturated carbocycles. The Bertz CT molecular complexity index is 845. The number of para-hydroxylation sites is 1. The highest BCUT2D eigenvalue weighted by Crippen LogP contribution is 2.21. The van der Waals surface area contributed by atoms with Crippen LogP contribution in [0, 0.1) is 0 Å². The summed E-state index contributed by atoms with van der Waals surface area (Å²) in [6, 6.07) is 13.2. The number of carbonyl (C=O) groups is 1. The van der Waals surface area contributed by atoms with Crippen LogP contribution in [-0.2, 0) is 6.42 Å². The van der Waals surface area contributed by atoms with Gasteiger partial charge in [-0.2, -0.15) is 5.10 Å². The van der Waals surface area contributed by atoms with Gasteiger partial charge < -0.3 is 10.1 Å². The number of nitrogens with zero attached hydrogens (tertiary/aromatic N) is 2. The summed E-state index contributed by atoms with van der Waals surface area (Å²) < 4.78 is 6.89. The molecule has 0 aliphatic carbocycles. The van der Waals surface area contributed by atoms with Gasteiger partial charge in [-0.1, -0.05) is 35.9 Å². The van der Waals surface area contributed by atoms with E-state index in [1.165, 1.54) is 0 Å². The van der Waals surface area contributed by atoms with Crippen LogP contribution in [0.2, 0.25) is 5.02 Å². The number of nitrogens with one attached hydrogen (secondary N) is 1. The second-order valence-electron chi connectivity index (χ2n) is 5.01. The topological polar surface area (TPSA) is 55.6 Å². The third kappa shape index (κ3) is 3.14. The molecule has 3 aromatic rings. The smallest absolute Gasteiger partial charge is 0.273 e. The van der Waals surface area contributed by atoms with Gasteiger partial charge in [0.2, 0.25) is 0 Å². The molecule has 0 aliphatic heterocycles. The number of fused-ring (bicyclic) bond motifs is 1. The Morgan fingerprint density at radius 2 is 2.04 bits per heavy atom. The Balaban J connectivity index is 1.68. The monoisotopic (exact) mass is 329 g/mol. The molecule has 0 aliphatic rings. The molecule has 0 atom stereocenters. The molecule has 0 radical (unpaired) electrons. The van der Waals surface area contributed by atoms with Gasteiger partial charge in [0.25, 0.3) is 5.91 Å². The maximum Gasteiger partial charge on any atom is 0.273 e. The van der Waals surface area contributed by atoms with Crippen LogP contribution in [0.1, 0.15) is 16.1 Å². The summed E-state index contributed by atoms with van der Waals surface area (Å²) in [5.74, 6) is 0.529. The number of hydrogen-bond acceptors (Lipinski definition) is 3.